The van der Waals surface area contributed by atoms with Crippen LogP contribution in [0.3, 0.4) is 0 Å². The molecule has 4 aromatic carbocycles. The van der Waals surface area contributed by atoms with E-state index in [1.165, 1.54) is 0 Å². The smallest absolute Gasteiger partial charge is 0.302 e. The summed E-state index contributed by atoms with van der Waals surface area (Å²) in [7, 11) is 0. The first-order valence-electron chi connectivity index (χ1n) is 12.2. The predicted octanol–water partition coefficient (Wildman–Crippen LogP) is 8.21. The average molecular weight is 577 g/mol. The molecule has 0 aliphatic rings. The number of rotatable bonds is 6. The zero-order chi connectivity index (χ0) is 26.8. The fraction of sp³-hybridized carbons (Fsp3) is 0.0323. The number of carbonyl (C=O) groups excluding carboxylic acids is 1. The van der Waals surface area contributed by atoms with E-state index in [1.54, 1.807) is 24.3 Å². The normalized spacial score (nSPS) is 11.4. The number of aromatic nitrogens is 2. The van der Waals surface area contributed by atoms with Crippen LogP contribution in [-0.2, 0) is 4.79 Å². The van der Waals surface area contributed by atoms with E-state index in [0.717, 1.165) is 37.8 Å². The number of ether oxygens (including phenoxy) is 1. The van der Waals surface area contributed by atoms with Gasteiger partial charge in [0.25, 0.3) is 0 Å². The van der Waals surface area contributed by atoms with Crippen molar-refractivity contribution in [2.45, 2.75) is 0 Å². The average Bonchev–Trinajstić information content (AvgIpc) is 3.29. The fourth-order valence-corrected chi connectivity index (χ4v) is 4.78. The molecule has 2 heterocycles. The summed E-state index contributed by atoms with van der Waals surface area (Å²) < 4.78 is 6.62. The molecular weight excluding hydrogens is 556 g/mol. The molecule has 0 aliphatic carbocycles. The minimum Gasteiger partial charge on any atom is -0.493 e. The second-order valence-electron chi connectivity index (χ2n) is 8.86. The van der Waals surface area contributed by atoms with Crippen LogP contribution >= 0.6 is 15.9 Å². The number of halogens is 1. The van der Waals surface area contributed by atoms with Gasteiger partial charge in [0.15, 0.2) is 12.3 Å². The highest BCUT2D eigenvalue weighted by Crippen LogP contribution is 2.36. The lowest BCUT2D eigenvalue weighted by atomic mass is 9.98. The van der Waals surface area contributed by atoms with Crippen molar-refractivity contribution in [2.24, 2.45) is 10.2 Å². The summed E-state index contributed by atoms with van der Waals surface area (Å²) in [5, 5.41) is 19.4. The van der Waals surface area contributed by atoms with Gasteiger partial charge in [0.2, 0.25) is 5.88 Å². The number of amides is 1. The summed E-state index contributed by atoms with van der Waals surface area (Å²) in [5.74, 6) is -0.196. The van der Waals surface area contributed by atoms with Crippen molar-refractivity contribution in [3.8, 4) is 34.0 Å². The SMILES string of the molecule is O=C(COc1ccc(-c2cc(-c3ccccc3)c3cc(Br)ccc3n2)cc1)N=Nc1c(O)[nH]c2ccccc12. The Hall–Kier alpha value is -4.82. The van der Waals surface area contributed by atoms with Crippen molar-refractivity contribution in [2.75, 3.05) is 6.61 Å². The van der Waals surface area contributed by atoms with Crippen LogP contribution in [0.15, 0.2) is 118 Å². The van der Waals surface area contributed by atoms with Crippen LogP contribution in [0.4, 0.5) is 5.69 Å². The molecule has 0 atom stereocenters. The molecule has 0 fully saturated rings. The van der Waals surface area contributed by atoms with Crippen molar-refractivity contribution < 1.29 is 14.6 Å². The number of H-pyrrole nitrogens is 1. The van der Waals surface area contributed by atoms with E-state index in [1.807, 2.05) is 54.6 Å². The fourth-order valence-electron chi connectivity index (χ4n) is 4.42. The first kappa shape index (κ1) is 24.5. The lowest BCUT2D eigenvalue weighted by Crippen LogP contribution is -2.07. The molecule has 0 radical (unpaired) electrons. The Balaban J connectivity index is 1.19. The van der Waals surface area contributed by atoms with E-state index in [2.05, 4.69) is 55.4 Å². The van der Waals surface area contributed by atoms with Crippen LogP contribution in [0.2, 0.25) is 0 Å². The number of azo groups is 1. The van der Waals surface area contributed by atoms with Crippen molar-refractivity contribution in [1.29, 1.82) is 0 Å². The molecule has 8 heteroatoms. The van der Waals surface area contributed by atoms with Gasteiger partial charge in [0, 0.05) is 20.8 Å². The molecule has 0 aliphatic heterocycles. The van der Waals surface area contributed by atoms with E-state index >= 15 is 0 Å². The Morgan fingerprint density at radius 2 is 1.64 bits per heavy atom. The molecule has 6 aromatic rings. The van der Waals surface area contributed by atoms with Crippen molar-refractivity contribution in [3.63, 3.8) is 0 Å². The third kappa shape index (κ3) is 5.15. The van der Waals surface area contributed by atoms with E-state index in [4.69, 9.17) is 9.72 Å². The molecule has 0 spiro atoms. The second kappa shape index (κ2) is 10.5. The van der Waals surface area contributed by atoms with Crippen LogP contribution in [0.1, 0.15) is 0 Å². The number of fused-ring (bicyclic) bond motifs is 2. The number of hydrogen-bond acceptors (Lipinski definition) is 5. The van der Waals surface area contributed by atoms with E-state index < -0.39 is 5.91 Å². The van der Waals surface area contributed by atoms with Crippen molar-refractivity contribution >= 4 is 49.3 Å². The van der Waals surface area contributed by atoms with Crippen LogP contribution in [0.25, 0.3) is 44.2 Å². The minimum absolute atomic E-state index is 0.144. The summed E-state index contributed by atoms with van der Waals surface area (Å²) >= 11 is 3.58. The third-order valence-corrected chi connectivity index (χ3v) is 6.78. The Morgan fingerprint density at radius 1 is 0.872 bits per heavy atom. The molecule has 0 unspecified atom stereocenters. The number of carbonyl (C=O) groups is 1. The summed E-state index contributed by atoms with van der Waals surface area (Å²) in [6.07, 6.45) is 0. The van der Waals surface area contributed by atoms with Crippen LogP contribution in [-0.4, -0.2) is 27.6 Å². The van der Waals surface area contributed by atoms with Gasteiger partial charge in [-0.25, -0.2) is 4.98 Å². The number of hydrogen-bond donors (Lipinski definition) is 2. The van der Waals surface area contributed by atoms with Gasteiger partial charge >= 0.3 is 5.91 Å². The maximum absolute atomic E-state index is 12.3. The first-order chi connectivity index (χ1) is 19.0. The van der Waals surface area contributed by atoms with E-state index in [0.29, 0.717) is 16.7 Å². The molecule has 0 bridgehead atoms. The Morgan fingerprint density at radius 3 is 2.46 bits per heavy atom. The van der Waals surface area contributed by atoms with Gasteiger partial charge in [-0.05, 0) is 65.7 Å². The van der Waals surface area contributed by atoms with Crippen LogP contribution < -0.4 is 4.74 Å². The lowest BCUT2D eigenvalue weighted by Gasteiger charge is -2.11. The monoisotopic (exact) mass is 576 g/mol. The predicted molar refractivity (Wildman–Crippen MR) is 155 cm³/mol. The molecule has 39 heavy (non-hydrogen) atoms. The summed E-state index contributed by atoms with van der Waals surface area (Å²) in [6.45, 7) is -0.285. The van der Waals surface area contributed by atoms with E-state index in [-0.39, 0.29) is 18.2 Å². The number of nitrogens with zero attached hydrogens (tertiary/aromatic N) is 3. The maximum atomic E-state index is 12.3. The molecule has 1 amide bonds. The zero-order valence-corrected chi connectivity index (χ0v) is 22.1. The summed E-state index contributed by atoms with van der Waals surface area (Å²) in [5.41, 5.74) is 5.77. The van der Waals surface area contributed by atoms with Crippen LogP contribution in [0.5, 0.6) is 11.6 Å². The number of aromatic hydroxyl groups is 1. The van der Waals surface area contributed by atoms with Gasteiger partial charge in [0.1, 0.15) is 5.75 Å². The maximum Gasteiger partial charge on any atom is 0.302 e. The third-order valence-electron chi connectivity index (χ3n) is 6.29. The highest BCUT2D eigenvalue weighted by molar-refractivity contribution is 9.10. The number of pyridine rings is 1. The van der Waals surface area contributed by atoms with Gasteiger partial charge in [-0.1, -0.05) is 64.5 Å². The molecule has 7 nitrogen and oxygen atoms in total. The van der Waals surface area contributed by atoms with Gasteiger partial charge in [-0.15, -0.1) is 10.2 Å². The molecule has 6 rings (SSSR count). The van der Waals surface area contributed by atoms with Gasteiger partial charge in [-0.3, -0.25) is 4.79 Å². The zero-order valence-electron chi connectivity index (χ0n) is 20.5. The van der Waals surface area contributed by atoms with Gasteiger partial charge in [-0.2, -0.15) is 0 Å². The van der Waals surface area contributed by atoms with Gasteiger partial charge in [0.05, 0.1) is 16.7 Å². The summed E-state index contributed by atoms with van der Waals surface area (Å²) in [6, 6.07) is 33.0. The van der Waals surface area contributed by atoms with E-state index in [9.17, 15) is 9.90 Å². The molecule has 0 saturated heterocycles. The molecular formula is C31H21BrN4O3. The number of aromatic amines is 1. The topological polar surface area (TPSA) is 99.9 Å². The number of para-hydroxylation sites is 1. The lowest BCUT2D eigenvalue weighted by molar-refractivity contribution is -0.120. The van der Waals surface area contributed by atoms with Crippen molar-refractivity contribution in [3.05, 3.63) is 108 Å². The molecule has 190 valence electrons. The molecule has 2 aromatic heterocycles. The largest absolute Gasteiger partial charge is 0.493 e. The molecule has 2 N–H and O–H groups in total. The number of benzene rings is 4. The van der Waals surface area contributed by atoms with Crippen molar-refractivity contribution in [1.82, 2.24) is 9.97 Å². The summed E-state index contributed by atoms with van der Waals surface area (Å²) in [4.78, 5) is 20.0. The molecule has 0 saturated carbocycles. The number of nitrogens with one attached hydrogen (secondary N) is 1. The Labute approximate surface area is 232 Å². The quantitative estimate of drug-likeness (QED) is 0.195. The Bertz CT molecular complexity index is 1850. The highest BCUT2D eigenvalue weighted by atomic mass is 79.9. The first-order valence-corrected chi connectivity index (χ1v) is 13.0. The van der Waals surface area contributed by atoms with Crippen LogP contribution in [0, 0.1) is 0 Å². The minimum atomic E-state index is -0.571. The highest BCUT2D eigenvalue weighted by Gasteiger charge is 2.12. The Kier molecular flexibility index (Phi) is 6.61. The standard InChI is InChI=1S/C31H21BrN4O3/c32-21-12-15-27-25(16-21)24(19-6-2-1-3-7-19)17-28(33-27)20-10-13-22(14-11-20)39-18-29(37)35-36-30-23-8-4-5-9-26(23)34-31(30)38/h1-17,34,38H,18H2. The van der Waals surface area contributed by atoms with Gasteiger partial charge < -0.3 is 14.8 Å². The second-order valence-corrected chi connectivity index (χ2v) is 9.77.